The van der Waals surface area contributed by atoms with Gasteiger partial charge in [-0.05, 0) is 42.3 Å². The number of fused-ring (bicyclic) bond motifs is 1. The molecule has 2 aromatic rings. The summed E-state index contributed by atoms with van der Waals surface area (Å²) in [4.78, 5) is 24.2. The lowest BCUT2D eigenvalue weighted by atomic mass is 10.1. The number of ether oxygens (including phenoxy) is 3. The van der Waals surface area contributed by atoms with Crippen LogP contribution in [0, 0.1) is 0 Å². The van der Waals surface area contributed by atoms with Crippen molar-refractivity contribution in [1.82, 2.24) is 5.32 Å². The molecule has 0 saturated heterocycles. The first-order valence-electron chi connectivity index (χ1n) is 8.22. The maximum Gasteiger partial charge on any atom is 0.311 e. The lowest BCUT2D eigenvalue weighted by Gasteiger charge is -2.14. The predicted molar refractivity (Wildman–Crippen MR) is 100 cm³/mol. The van der Waals surface area contributed by atoms with Crippen molar-refractivity contribution in [1.29, 1.82) is 0 Å². The summed E-state index contributed by atoms with van der Waals surface area (Å²) in [5.74, 6) is 0.363. The second kappa shape index (κ2) is 8.50. The molecule has 1 aliphatic heterocycles. The summed E-state index contributed by atoms with van der Waals surface area (Å²) in [6.07, 6.45) is -0.979. The molecule has 6 nitrogen and oxygen atoms in total. The third-order valence-corrected chi connectivity index (χ3v) is 4.52. The predicted octanol–water partition coefficient (Wildman–Crippen LogP) is 3.51. The summed E-state index contributed by atoms with van der Waals surface area (Å²) in [6.45, 7) is 1.98. The van der Waals surface area contributed by atoms with Crippen molar-refractivity contribution < 1.29 is 23.8 Å². The van der Waals surface area contributed by atoms with Gasteiger partial charge in [0.1, 0.15) is 0 Å². The van der Waals surface area contributed by atoms with Crippen molar-refractivity contribution in [2.75, 3.05) is 6.79 Å². The highest BCUT2D eigenvalue weighted by Crippen LogP contribution is 2.32. The minimum atomic E-state index is -0.933. The summed E-state index contributed by atoms with van der Waals surface area (Å²) in [5, 5.41) is 3.58. The normalized spacial score (nSPS) is 13.1. The highest BCUT2D eigenvalue weighted by Gasteiger charge is 2.19. The van der Waals surface area contributed by atoms with Crippen LogP contribution in [-0.4, -0.2) is 24.8 Å². The number of halogens is 2. The fraction of sp³-hybridized carbons (Fsp3) is 0.263. The van der Waals surface area contributed by atoms with Gasteiger partial charge in [-0.25, -0.2) is 0 Å². The van der Waals surface area contributed by atoms with E-state index in [2.05, 4.69) is 5.32 Å². The van der Waals surface area contributed by atoms with Crippen molar-refractivity contribution in [2.24, 2.45) is 0 Å². The molecule has 0 bridgehead atoms. The number of hydrogen-bond acceptors (Lipinski definition) is 5. The van der Waals surface area contributed by atoms with Gasteiger partial charge in [0.05, 0.1) is 6.42 Å². The summed E-state index contributed by atoms with van der Waals surface area (Å²) < 4.78 is 15.7. The molecule has 0 radical (unpaired) electrons. The molecule has 142 valence electrons. The van der Waals surface area contributed by atoms with Crippen molar-refractivity contribution >= 4 is 35.1 Å². The molecule has 27 heavy (non-hydrogen) atoms. The monoisotopic (exact) mass is 409 g/mol. The van der Waals surface area contributed by atoms with E-state index in [1.165, 1.54) is 6.92 Å². The average molecular weight is 410 g/mol. The SMILES string of the molecule is CC(OC(=O)Cc1ccc(Cl)cc1Cl)C(=O)NCc1ccc2c(c1)OCO2. The Labute approximate surface area is 166 Å². The Kier molecular flexibility index (Phi) is 6.08. The largest absolute Gasteiger partial charge is 0.454 e. The van der Waals surface area contributed by atoms with Gasteiger partial charge in [-0.1, -0.05) is 35.3 Å². The van der Waals surface area contributed by atoms with Crippen molar-refractivity contribution in [3.05, 3.63) is 57.6 Å². The molecule has 0 spiro atoms. The van der Waals surface area contributed by atoms with E-state index in [-0.39, 0.29) is 19.8 Å². The lowest BCUT2D eigenvalue weighted by molar-refractivity contribution is -0.154. The summed E-state index contributed by atoms with van der Waals surface area (Å²) in [7, 11) is 0. The molecule has 1 N–H and O–H groups in total. The zero-order valence-corrected chi connectivity index (χ0v) is 16.0. The molecule has 2 aromatic carbocycles. The molecule has 1 amide bonds. The maximum atomic E-state index is 12.2. The van der Waals surface area contributed by atoms with Crippen LogP contribution in [0.25, 0.3) is 0 Å². The van der Waals surface area contributed by atoms with E-state index >= 15 is 0 Å². The number of rotatable bonds is 6. The van der Waals surface area contributed by atoms with Gasteiger partial charge in [0.25, 0.3) is 5.91 Å². The molecule has 1 atom stereocenters. The molecule has 3 rings (SSSR count). The number of benzene rings is 2. The quantitative estimate of drug-likeness (QED) is 0.738. The molecule has 1 heterocycles. The van der Waals surface area contributed by atoms with E-state index in [0.717, 1.165) is 5.56 Å². The smallest absolute Gasteiger partial charge is 0.311 e. The zero-order valence-electron chi connectivity index (χ0n) is 14.5. The van der Waals surface area contributed by atoms with Crippen LogP contribution in [0.5, 0.6) is 11.5 Å². The molecule has 0 saturated carbocycles. The van der Waals surface area contributed by atoms with Crippen LogP contribution in [0.4, 0.5) is 0 Å². The first-order chi connectivity index (χ1) is 12.9. The van der Waals surface area contributed by atoms with E-state index in [4.69, 9.17) is 37.4 Å². The van der Waals surface area contributed by atoms with Crippen LogP contribution < -0.4 is 14.8 Å². The minimum Gasteiger partial charge on any atom is -0.454 e. The number of hydrogen-bond donors (Lipinski definition) is 1. The van der Waals surface area contributed by atoms with Crippen LogP contribution in [0.15, 0.2) is 36.4 Å². The molecule has 8 heteroatoms. The van der Waals surface area contributed by atoms with Gasteiger partial charge in [0.15, 0.2) is 17.6 Å². The van der Waals surface area contributed by atoms with E-state index in [1.807, 2.05) is 6.07 Å². The number of carbonyl (C=O) groups excluding carboxylic acids is 2. The van der Waals surface area contributed by atoms with Gasteiger partial charge in [0.2, 0.25) is 6.79 Å². The standard InChI is InChI=1S/C19H17Cl2NO5/c1-11(27-18(23)7-13-3-4-14(20)8-15(13)21)19(24)22-9-12-2-5-16-17(6-12)26-10-25-16/h2-6,8,11H,7,9-10H2,1H3,(H,22,24). The van der Waals surface area contributed by atoms with Gasteiger partial charge in [-0.3, -0.25) is 9.59 Å². The Morgan fingerprint density at radius 2 is 1.93 bits per heavy atom. The Morgan fingerprint density at radius 3 is 2.70 bits per heavy atom. The Morgan fingerprint density at radius 1 is 1.15 bits per heavy atom. The van der Waals surface area contributed by atoms with E-state index in [0.29, 0.717) is 27.1 Å². The summed E-state index contributed by atoms with van der Waals surface area (Å²) >= 11 is 11.9. The summed E-state index contributed by atoms with van der Waals surface area (Å²) in [5.41, 5.74) is 1.43. The topological polar surface area (TPSA) is 73.9 Å². The van der Waals surface area contributed by atoms with Crippen LogP contribution in [-0.2, 0) is 27.3 Å². The van der Waals surface area contributed by atoms with Crippen LogP contribution in [0.1, 0.15) is 18.1 Å². The van der Waals surface area contributed by atoms with Crippen molar-refractivity contribution in [3.8, 4) is 11.5 Å². The zero-order chi connectivity index (χ0) is 19.4. The molecule has 0 aromatic heterocycles. The highest BCUT2D eigenvalue weighted by atomic mass is 35.5. The van der Waals surface area contributed by atoms with Crippen molar-refractivity contribution in [3.63, 3.8) is 0 Å². The minimum absolute atomic E-state index is 0.0459. The van der Waals surface area contributed by atoms with Gasteiger partial charge in [0, 0.05) is 16.6 Å². The number of carbonyl (C=O) groups is 2. The highest BCUT2D eigenvalue weighted by molar-refractivity contribution is 6.35. The average Bonchev–Trinajstić information content (AvgIpc) is 3.09. The third kappa shape index (κ3) is 5.05. The van der Waals surface area contributed by atoms with Crippen LogP contribution in [0.2, 0.25) is 10.0 Å². The molecular formula is C19H17Cl2NO5. The first-order valence-corrected chi connectivity index (χ1v) is 8.97. The number of amides is 1. The van der Waals surface area contributed by atoms with Gasteiger partial charge in [-0.2, -0.15) is 0 Å². The fourth-order valence-corrected chi connectivity index (χ4v) is 2.97. The maximum absolute atomic E-state index is 12.2. The Hall–Kier alpha value is -2.44. The molecule has 0 aliphatic carbocycles. The lowest BCUT2D eigenvalue weighted by Crippen LogP contribution is -2.35. The van der Waals surface area contributed by atoms with Crippen LogP contribution in [0.3, 0.4) is 0 Å². The molecule has 0 fully saturated rings. The van der Waals surface area contributed by atoms with E-state index in [9.17, 15) is 9.59 Å². The van der Waals surface area contributed by atoms with Gasteiger partial charge in [-0.15, -0.1) is 0 Å². The molecule has 1 aliphatic rings. The Bertz CT molecular complexity index is 871. The Balaban J connectivity index is 1.49. The van der Waals surface area contributed by atoms with Crippen LogP contribution >= 0.6 is 23.2 Å². The molecular weight excluding hydrogens is 393 g/mol. The summed E-state index contributed by atoms with van der Waals surface area (Å²) in [6, 6.07) is 10.2. The van der Waals surface area contributed by atoms with Crippen molar-refractivity contribution in [2.45, 2.75) is 26.0 Å². The second-order valence-corrected chi connectivity index (χ2v) is 6.79. The third-order valence-electron chi connectivity index (χ3n) is 3.93. The number of nitrogens with one attached hydrogen (secondary N) is 1. The first kappa shape index (κ1) is 19.3. The van der Waals surface area contributed by atoms with E-state index < -0.39 is 18.0 Å². The molecule has 1 unspecified atom stereocenters. The fourth-order valence-electron chi connectivity index (χ4n) is 2.50. The number of esters is 1. The van der Waals surface area contributed by atoms with Gasteiger partial charge >= 0.3 is 5.97 Å². The second-order valence-electron chi connectivity index (χ2n) is 5.95. The van der Waals surface area contributed by atoms with E-state index in [1.54, 1.807) is 30.3 Å². The van der Waals surface area contributed by atoms with Gasteiger partial charge < -0.3 is 19.5 Å².